The first-order valence-corrected chi connectivity index (χ1v) is 6.69. The number of carbonyl (C=O) groups is 1. The number of pyridine rings is 1. The standard InChI is InChI=1S/C10H8ClN5O2S/c11-7-3-5(9(17)18)4-12-8(7)19-10-13-14-15-16(10)6-1-2-6/h3-4,6H,1-2H2,(H,17,18). The largest absolute Gasteiger partial charge is 0.478 e. The van der Waals surface area contributed by atoms with Crippen LogP contribution in [0.1, 0.15) is 29.2 Å². The second-order valence-electron chi connectivity index (χ2n) is 4.06. The Kier molecular flexibility index (Phi) is 3.11. The molecule has 0 unspecified atom stereocenters. The van der Waals surface area contributed by atoms with Gasteiger partial charge in [0.25, 0.3) is 0 Å². The number of rotatable bonds is 4. The average Bonchev–Trinajstić information content (AvgIpc) is 3.12. The Bertz CT molecular complexity index is 643. The van der Waals surface area contributed by atoms with Crippen LogP contribution in [-0.2, 0) is 0 Å². The van der Waals surface area contributed by atoms with E-state index in [9.17, 15) is 4.79 Å². The summed E-state index contributed by atoms with van der Waals surface area (Å²) in [7, 11) is 0. The van der Waals surface area contributed by atoms with Gasteiger partial charge in [0.2, 0.25) is 5.16 Å². The molecule has 1 fully saturated rings. The second kappa shape index (κ2) is 4.78. The van der Waals surface area contributed by atoms with Gasteiger partial charge >= 0.3 is 5.97 Å². The lowest BCUT2D eigenvalue weighted by molar-refractivity contribution is 0.0696. The number of carboxylic acid groups (broad SMARTS) is 1. The van der Waals surface area contributed by atoms with E-state index in [0.29, 0.717) is 16.2 Å². The summed E-state index contributed by atoms with van der Waals surface area (Å²) in [5.74, 6) is -1.06. The molecule has 2 heterocycles. The monoisotopic (exact) mass is 297 g/mol. The van der Waals surface area contributed by atoms with Crippen molar-refractivity contribution in [3.63, 3.8) is 0 Å². The summed E-state index contributed by atoms with van der Waals surface area (Å²) in [6, 6.07) is 1.72. The Labute approximate surface area is 117 Å². The zero-order valence-corrected chi connectivity index (χ0v) is 11.1. The molecule has 1 aliphatic rings. The van der Waals surface area contributed by atoms with Crippen molar-refractivity contribution in [1.82, 2.24) is 25.2 Å². The minimum Gasteiger partial charge on any atom is -0.478 e. The van der Waals surface area contributed by atoms with Crippen LogP contribution in [0.25, 0.3) is 0 Å². The Balaban J connectivity index is 1.86. The zero-order chi connectivity index (χ0) is 13.4. The number of tetrazole rings is 1. The molecule has 0 aromatic carbocycles. The van der Waals surface area contributed by atoms with E-state index in [0.717, 1.165) is 12.8 Å². The summed E-state index contributed by atoms with van der Waals surface area (Å²) in [4.78, 5) is 14.8. The molecule has 7 nitrogen and oxygen atoms in total. The van der Waals surface area contributed by atoms with Gasteiger partial charge in [0.1, 0.15) is 5.03 Å². The molecule has 0 bridgehead atoms. The maximum absolute atomic E-state index is 10.8. The zero-order valence-electron chi connectivity index (χ0n) is 9.52. The number of hydrogen-bond acceptors (Lipinski definition) is 6. The van der Waals surface area contributed by atoms with Gasteiger partial charge in [-0.15, -0.1) is 5.10 Å². The molecule has 0 amide bonds. The van der Waals surface area contributed by atoms with E-state index >= 15 is 0 Å². The molecule has 0 radical (unpaired) electrons. The normalized spacial score (nSPS) is 14.6. The molecule has 0 spiro atoms. The molecule has 0 atom stereocenters. The first-order chi connectivity index (χ1) is 9.15. The van der Waals surface area contributed by atoms with Gasteiger partial charge in [-0.05, 0) is 41.1 Å². The van der Waals surface area contributed by atoms with Crippen LogP contribution in [-0.4, -0.2) is 36.3 Å². The number of halogens is 1. The highest BCUT2D eigenvalue weighted by Gasteiger charge is 2.28. The quantitative estimate of drug-likeness (QED) is 0.921. The van der Waals surface area contributed by atoms with Crippen LogP contribution in [0.15, 0.2) is 22.4 Å². The van der Waals surface area contributed by atoms with Gasteiger partial charge in [-0.2, -0.15) is 0 Å². The summed E-state index contributed by atoms with van der Waals surface area (Å²) < 4.78 is 1.74. The van der Waals surface area contributed by atoms with E-state index in [1.807, 2.05) is 0 Å². The van der Waals surface area contributed by atoms with Gasteiger partial charge in [0.05, 0.1) is 16.6 Å². The first-order valence-electron chi connectivity index (χ1n) is 5.49. The fourth-order valence-corrected chi connectivity index (χ4v) is 2.58. The van der Waals surface area contributed by atoms with Crippen molar-refractivity contribution in [1.29, 1.82) is 0 Å². The van der Waals surface area contributed by atoms with E-state index < -0.39 is 5.97 Å². The topological polar surface area (TPSA) is 93.8 Å². The molecule has 0 saturated heterocycles. The molecular weight excluding hydrogens is 290 g/mol. The lowest BCUT2D eigenvalue weighted by Crippen LogP contribution is -2.00. The third-order valence-electron chi connectivity index (χ3n) is 2.60. The summed E-state index contributed by atoms with van der Waals surface area (Å²) in [6.45, 7) is 0. The van der Waals surface area contributed by atoms with Crippen LogP contribution in [0.2, 0.25) is 5.02 Å². The predicted octanol–water partition coefficient (Wildman–Crippen LogP) is 1.91. The molecule has 1 N–H and O–H groups in total. The molecule has 19 heavy (non-hydrogen) atoms. The lowest BCUT2D eigenvalue weighted by Gasteiger charge is -2.04. The van der Waals surface area contributed by atoms with Crippen molar-refractivity contribution >= 4 is 29.3 Å². The van der Waals surface area contributed by atoms with Crippen LogP contribution in [0, 0.1) is 0 Å². The van der Waals surface area contributed by atoms with Crippen molar-refractivity contribution in [2.75, 3.05) is 0 Å². The fourth-order valence-electron chi connectivity index (χ4n) is 1.50. The van der Waals surface area contributed by atoms with Gasteiger partial charge in [0, 0.05) is 6.20 Å². The molecule has 3 rings (SSSR count). The summed E-state index contributed by atoms with van der Waals surface area (Å²) in [5, 5.41) is 21.7. The highest BCUT2D eigenvalue weighted by atomic mass is 35.5. The van der Waals surface area contributed by atoms with Crippen LogP contribution in [0.5, 0.6) is 0 Å². The van der Waals surface area contributed by atoms with Crippen molar-refractivity contribution in [2.24, 2.45) is 0 Å². The van der Waals surface area contributed by atoms with E-state index in [4.69, 9.17) is 16.7 Å². The average molecular weight is 298 g/mol. The van der Waals surface area contributed by atoms with Crippen LogP contribution in [0.4, 0.5) is 0 Å². The molecule has 1 aliphatic carbocycles. The lowest BCUT2D eigenvalue weighted by atomic mass is 10.3. The Morgan fingerprint density at radius 2 is 2.32 bits per heavy atom. The van der Waals surface area contributed by atoms with Gasteiger partial charge in [-0.3, -0.25) is 0 Å². The summed E-state index contributed by atoms with van der Waals surface area (Å²) in [5.41, 5.74) is 0.0520. The van der Waals surface area contributed by atoms with Crippen molar-refractivity contribution in [3.8, 4) is 0 Å². The predicted molar refractivity (Wildman–Crippen MR) is 66.4 cm³/mol. The van der Waals surface area contributed by atoms with Crippen molar-refractivity contribution in [3.05, 3.63) is 22.8 Å². The number of nitrogens with zero attached hydrogens (tertiary/aromatic N) is 5. The van der Waals surface area contributed by atoms with Gasteiger partial charge in [-0.1, -0.05) is 11.6 Å². The Morgan fingerprint density at radius 1 is 1.53 bits per heavy atom. The maximum Gasteiger partial charge on any atom is 0.337 e. The van der Waals surface area contributed by atoms with Crippen molar-refractivity contribution < 1.29 is 9.90 Å². The minimum absolute atomic E-state index is 0.0520. The first kappa shape index (κ1) is 12.4. The molecular formula is C10H8ClN5O2S. The molecule has 9 heteroatoms. The number of aromatic nitrogens is 5. The third kappa shape index (κ3) is 2.54. The number of aromatic carboxylic acids is 1. The number of hydrogen-bond donors (Lipinski definition) is 1. The Morgan fingerprint density at radius 3 is 2.95 bits per heavy atom. The van der Waals surface area contributed by atoms with Crippen LogP contribution >= 0.6 is 23.4 Å². The van der Waals surface area contributed by atoms with Gasteiger partial charge in [0.15, 0.2) is 0 Å². The highest BCUT2D eigenvalue weighted by Crippen LogP contribution is 2.38. The molecule has 2 aromatic rings. The molecule has 2 aromatic heterocycles. The molecule has 0 aliphatic heterocycles. The van der Waals surface area contributed by atoms with Crippen molar-refractivity contribution in [2.45, 2.75) is 29.1 Å². The summed E-state index contributed by atoms with van der Waals surface area (Å²) >= 11 is 7.24. The fraction of sp³-hybridized carbons (Fsp3) is 0.300. The van der Waals surface area contributed by atoms with E-state index in [2.05, 4.69) is 20.5 Å². The Hall–Kier alpha value is -1.67. The van der Waals surface area contributed by atoms with Crippen LogP contribution in [0.3, 0.4) is 0 Å². The van der Waals surface area contributed by atoms with Crippen LogP contribution < -0.4 is 0 Å². The molecule has 98 valence electrons. The van der Waals surface area contributed by atoms with Gasteiger partial charge in [-0.25, -0.2) is 14.5 Å². The van der Waals surface area contributed by atoms with E-state index in [-0.39, 0.29) is 10.6 Å². The third-order valence-corrected chi connectivity index (χ3v) is 3.97. The van der Waals surface area contributed by atoms with Gasteiger partial charge < -0.3 is 5.11 Å². The molecule has 1 saturated carbocycles. The minimum atomic E-state index is -1.06. The summed E-state index contributed by atoms with van der Waals surface area (Å²) in [6.07, 6.45) is 3.40. The smallest absolute Gasteiger partial charge is 0.337 e. The SMILES string of the molecule is O=C(O)c1cnc(Sc2nnnn2C2CC2)c(Cl)c1. The highest BCUT2D eigenvalue weighted by molar-refractivity contribution is 7.99. The van der Waals surface area contributed by atoms with E-state index in [1.54, 1.807) is 4.68 Å². The number of carboxylic acids is 1. The maximum atomic E-state index is 10.8. The van der Waals surface area contributed by atoms with E-state index in [1.165, 1.54) is 24.0 Å². The second-order valence-corrected chi connectivity index (χ2v) is 5.42.